The summed E-state index contributed by atoms with van der Waals surface area (Å²) in [5.41, 5.74) is 4.11. The first-order valence-corrected chi connectivity index (χ1v) is 20.5. The molecule has 0 aliphatic rings. The molecule has 0 spiro atoms. The Balaban J connectivity index is 0.000000269. The number of fused-ring (bicyclic) bond motifs is 2. The monoisotopic (exact) mass is 546 g/mol. The van der Waals surface area contributed by atoms with Crippen LogP contribution in [0.2, 0.25) is 44.4 Å². The largest absolute Gasteiger partial charge is 3.00 e. The SMILES string of the molecule is Cc1ccc(C)c2[cH-]ccc12.Cc1cccc2[cH-]ccc12.[CH2-]CCCCC([Si](C)(C)C)[Si](C)(C)C.[Sc+3]. The van der Waals surface area contributed by atoms with Gasteiger partial charge in [0.25, 0.3) is 0 Å². The maximum Gasteiger partial charge on any atom is 3.00 e. The second-order valence-corrected chi connectivity index (χ2v) is 23.7. The summed E-state index contributed by atoms with van der Waals surface area (Å²) in [6.07, 6.45) is 5.32. The third-order valence-corrected chi connectivity index (χ3v) is 17.2. The standard InChI is InChI=1S/C12H29Si2.C11H11.C10H9.Sc/c1-8-9-10-11-12(13(2,3)4)14(5,6)7;1-8-6-7-9(2)11-5-3-4-10(8)11;1-8-4-2-5-9-6-3-7-10(8)9;/h12H,1,8-11H2,2-7H3;3-7H,1-2H3;2-7H,1H3;/q3*-1;+3. The number of rotatable bonds is 6. The topological polar surface area (TPSA) is 0 Å². The summed E-state index contributed by atoms with van der Waals surface area (Å²) in [7, 11) is -1.86. The van der Waals surface area contributed by atoms with Crippen LogP contribution in [0.25, 0.3) is 21.5 Å². The van der Waals surface area contributed by atoms with Crippen LogP contribution in [0.1, 0.15) is 42.4 Å². The number of hydrogen-bond donors (Lipinski definition) is 0. The van der Waals surface area contributed by atoms with Gasteiger partial charge in [-0.15, -0.1) is 57.4 Å². The molecule has 0 radical (unpaired) electrons. The van der Waals surface area contributed by atoms with Gasteiger partial charge in [-0.05, 0) is 13.8 Å². The summed E-state index contributed by atoms with van der Waals surface area (Å²) in [5, 5.41) is 6.60. The van der Waals surface area contributed by atoms with Crippen molar-refractivity contribution in [3.05, 3.63) is 90.3 Å². The van der Waals surface area contributed by atoms with E-state index < -0.39 is 16.1 Å². The minimum atomic E-state index is -0.931. The van der Waals surface area contributed by atoms with Crippen LogP contribution in [0.4, 0.5) is 0 Å². The van der Waals surface area contributed by atoms with Gasteiger partial charge in [-0.2, -0.15) is 30.7 Å². The van der Waals surface area contributed by atoms with Gasteiger partial charge in [0.15, 0.2) is 0 Å². The van der Waals surface area contributed by atoms with Crippen LogP contribution in [0, 0.1) is 27.7 Å². The molecule has 4 aromatic carbocycles. The van der Waals surface area contributed by atoms with Gasteiger partial charge in [0.2, 0.25) is 0 Å². The van der Waals surface area contributed by atoms with Crippen molar-refractivity contribution in [2.75, 3.05) is 0 Å². The Labute approximate surface area is 243 Å². The first-order valence-electron chi connectivity index (χ1n) is 13.4. The Bertz CT molecular complexity index is 1120. The molecule has 0 amide bonds. The average Bonchev–Trinajstić information content (AvgIpc) is 3.44. The predicted molar refractivity (Wildman–Crippen MR) is 168 cm³/mol. The van der Waals surface area contributed by atoms with Crippen LogP contribution in [0.5, 0.6) is 0 Å². The fourth-order valence-electron chi connectivity index (χ4n) is 5.55. The molecule has 4 aromatic rings. The van der Waals surface area contributed by atoms with Crippen molar-refractivity contribution in [1.29, 1.82) is 0 Å². The van der Waals surface area contributed by atoms with Gasteiger partial charge < -0.3 is 6.92 Å². The molecule has 0 unspecified atom stereocenters. The smallest absolute Gasteiger partial charge is 0.343 e. The summed E-state index contributed by atoms with van der Waals surface area (Å²) in [6.45, 7) is 25.6. The summed E-state index contributed by atoms with van der Waals surface area (Å²) in [6, 6.07) is 23.6. The van der Waals surface area contributed by atoms with Crippen LogP contribution in [0.15, 0.2) is 66.7 Å². The Morgan fingerprint density at radius 2 is 1.25 bits per heavy atom. The number of benzene rings is 2. The Morgan fingerprint density at radius 1 is 0.694 bits per heavy atom. The van der Waals surface area contributed by atoms with Crippen LogP contribution in [-0.2, 0) is 25.8 Å². The van der Waals surface area contributed by atoms with Crippen molar-refractivity contribution >= 4 is 37.7 Å². The number of hydrogen-bond acceptors (Lipinski definition) is 0. The first-order chi connectivity index (χ1) is 16.4. The number of aryl methyl sites for hydroxylation is 3. The van der Waals surface area contributed by atoms with Gasteiger partial charge in [-0.25, -0.2) is 0 Å². The van der Waals surface area contributed by atoms with Gasteiger partial charge in [-0.1, -0.05) is 93.9 Å². The molecule has 3 heteroatoms. The molecule has 0 nitrogen and oxygen atoms in total. The molecule has 0 N–H and O–H groups in total. The quantitative estimate of drug-likeness (QED) is 0.128. The molecule has 0 bridgehead atoms. The third kappa shape index (κ3) is 9.69. The molecular formula is C33H49ScSi2. The molecule has 0 heterocycles. The zero-order valence-corrected chi connectivity index (χ0v) is 28.3. The fraction of sp³-hybridized carbons (Fsp3) is 0.424. The van der Waals surface area contributed by atoms with Crippen molar-refractivity contribution in [1.82, 2.24) is 0 Å². The van der Waals surface area contributed by atoms with Crippen molar-refractivity contribution in [3.8, 4) is 0 Å². The van der Waals surface area contributed by atoms with E-state index in [1.54, 1.807) is 0 Å². The van der Waals surface area contributed by atoms with E-state index in [4.69, 9.17) is 0 Å². The second-order valence-electron chi connectivity index (χ2n) is 12.3. The summed E-state index contributed by atoms with van der Waals surface area (Å²) >= 11 is 0. The predicted octanol–water partition coefficient (Wildman–Crippen LogP) is 11.0. The molecule has 0 aliphatic carbocycles. The van der Waals surface area contributed by atoms with E-state index in [9.17, 15) is 0 Å². The van der Waals surface area contributed by atoms with Crippen LogP contribution in [0.3, 0.4) is 0 Å². The summed E-state index contributed by atoms with van der Waals surface area (Å²) in [5.74, 6) is 0. The van der Waals surface area contributed by atoms with E-state index in [-0.39, 0.29) is 25.8 Å². The molecule has 0 aliphatic heterocycles. The average molecular weight is 547 g/mol. The third-order valence-electron chi connectivity index (χ3n) is 7.23. The zero-order valence-electron chi connectivity index (χ0n) is 24.5. The van der Waals surface area contributed by atoms with Crippen LogP contribution >= 0.6 is 0 Å². The fourth-order valence-corrected chi connectivity index (χ4v) is 18.1. The van der Waals surface area contributed by atoms with Crippen molar-refractivity contribution in [2.24, 2.45) is 0 Å². The second kappa shape index (κ2) is 14.8. The van der Waals surface area contributed by atoms with E-state index in [1.807, 2.05) is 0 Å². The Kier molecular flexibility index (Phi) is 13.5. The molecule has 0 fully saturated rings. The van der Waals surface area contributed by atoms with Crippen molar-refractivity contribution < 1.29 is 25.8 Å². The minimum Gasteiger partial charge on any atom is -0.343 e. The molecule has 0 aromatic heterocycles. The number of unbranched alkanes of at least 4 members (excludes halogenated alkanes) is 2. The normalized spacial score (nSPS) is 11.5. The van der Waals surface area contributed by atoms with E-state index >= 15 is 0 Å². The molecular weight excluding hydrogens is 497 g/mol. The van der Waals surface area contributed by atoms with Gasteiger partial charge in [0.05, 0.1) is 0 Å². The van der Waals surface area contributed by atoms with Gasteiger partial charge in [0.1, 0.15) is 0 Å². The Hall–Kier alpha value is -1.04. The van der Waals surface area contributed by atoms with Crippen LogP contribution < -0.4 is 0 Å². The summed E-state index contributed by atoms with van der Waals surface area (Å²) < 4.78 is 0. The van der Waals surface area contributed by atoms with Crippen molar-refractivity contribution in [3.63, 3.8) is 0 Å². The molecule has 192 valence electrons. The van der Waals surface area contributed by atoms with Gasteiger partial charge in [0, 0.05) is 16.1 Å². The zero-order chi connectivity index (χ0) is 26.2. The van der Waals surface area contributed by atoms with E-state index in [0.717, 1.165) is 11.6 Å². The van der Waals surface area contributed by atoms with Crippen molar-refractivity contribution in [2.45, 2.75) is 90.9 Å². The summed E-state index contributed by atoms with van der Waals surface area (Å²) in [4.78, 5) is 0. The maximum absolute atomic E-state index is 3.93. The molecule has 0 saturated heterocycles. The van der Waals surface area contributed by atoms with E-state index in [1.165, 1.54) is 57.5 Å². The molecule has 36 heavy (non-hydrogen) atoms. The van der Waals surface area contributed by atoms with Gasteiger partial charge in [-0.3, -0.25) is 0 Å². The Morgan fingerprint density at radius 3 is 1.81 bits per heavy atom. The van der Waals surface area contributed by atoms with Crippen LogP contribution in [-0.4, -0.2) is 16.1 Å². The van der Waals surface area contributed by atoms with Gasteiger partial charge >= 0.3 is 25.8 Å². The van der Waals surface area contributed by atoms with E-state index in [0.29, 0.717) is 0 Å². The minimum absolute atomic E-state index is 0. The van der Waals surface area contributed by atoms with E-state index in [2.05, 4.69) is 134 Å². The molecule has 0 atom stereocenters. The molecule has 4 rings (SSSR count). The maximum atomic E-state index is 3.93. The first kappa shape index (κ1) is 33.0. The molecule has 0 saturated carbocycles.